The molecular formula is C16H15ClF2O. The van der Waals surface area contributed by atoms with E-state index < -0.39 is 17.7 Å². The topological polar surface area (TPSA) is 20.2 Å². The first-order valence-corrected chi connectivity index (χ1v) is 6.65. The van der Waals surface area contributed by atoms with E-state index in [9.17, 15) is 13.9 Å². The lowest BCUT2D eigenvalue weighted by Gasteiger charge is -2.13. The van der Waals surface area contributed by atoms with Crippen molar-refractivity contribution >= 4 is 11.6 Å². The molecule has 0 aliphatic carbocycles. The van der Waals surface area contributed by atoms with Gasteiger partial charge in [-0.3, -0.25) is 0 Å². The zero-order valence-electron chi connectivity index (χ0n) is 11.3. The summed E-state index contributed by atoms with van der Waals surface area (Å²) < 4.78 is 27.1. The molecule has 0 saturated heterocycles. The maximum atomic E-state index is 13.7. The molecule has 0 aromatic heterocycles. The van der Waals surface area contributed by atoms with Crippen LogP contribution >= 0.6 is 11.6 Å². The molecule has 0 bridgehead atoms. The minimum Gasteiger partial charge on any atom is -0.388 e. The van der Waals surface area contributed by atoms with Gasteiger partial charge in [0.15, 0.2) is 0 Å². The highest BCUT2D eigenvalue weighted by molar-refractivity contribution is 6.30. The van der Waals surface area contributed by atoms with Gasteiger partial charge in [0.25, 0.3) is 0 Å². The van der Waals surface area contributed by atoms with Crippen LogP contribution in [-0.4, -0.2) is 5.11 Å². The zero-order chi connectivity index (χ0) is 14.9. The fourth-order valence-electron chi connectivity index (χ4n) is 2.06. The van der Waals surface area contributed by atoms with E-state index in [4.69, 9.17) is 11.6 Å². The van der Waals surface area contributed by atoms with Gasteiger partial charge in [-0.15, -0.1) is 0 Å². The van der Waals surface area contributed by atoms with Crippen LogP contribution < -0.4 is 0 Å². The predicted molar refractivity (Wildman–Crippen MR) is 75.9 cm³/mol. The standard InChI is InChI=1S/C16H15ClF2O/c1-9-3-4-11(5-10(9)2)6-16(20)12-7-15(19)13(17)8-14(12)18/h3-5,7-8,16,20H,6H2,1-2H3. The Morgan fingerprint density at radius 1 is 1.05 bits per heavy atom. The van der Waals surface area contributed by atoms with Crippen molar-refractivity contribution in [1.29, 1.82) is 0 Å². The number of aliphatic hydroxyl groups excluding tert-OH is 1. The molecule has 0 heterocycles. The molecule has 0 spiro atoms. The van der Waals surface area contributed by atoms with Crippen LogP contribution in [0, 0.1) is 25.5 Å². The summed E-state index contributed by atoms with van der Waals surface area (Å²) in [6, 6.07) is 7.58. The van der Waals surface area contributed by atoms with Crippen molar-refractivity contribution in [3.63, 3.8) is 0 Å². The first-order chi connectivity index (χ1) is 9.38. The zero-order valence-corrected chi connectivity index (χ0v) is 12.0. The first-order valence-electron chi connectivity index (χ1n) is 6.27. The van der Waals surface area contributed by atoms with Crippen LogP contribution in [0.25, 0.3) is 0 Å². The monoisotopic (exact) mass is 296 g/mol. The Bertz CT molecular complexity index is 641. The van der Waals surface area contributed by atoms with Crippen LogP contribution in [0.2, 0.25) is 5.02 Å². The maximum Gasteiger partial charge on any atom is 0.142 e. The lowest BCUT2D eigenvalue weighted by molar-refractivity contribution is 0.173. The van der Waals surface area contributed by atoms with E-state index in [1.807, 2.05) is 32.0 Å². The van der Waals surface area contributed by atoms with Crippen LogP contribution in [-0.2, 0) is 6.42 Å². The molecule has 0 radical (unpaired) electrons. The molecule has 1 unspecified atom stereocenters. The molecule has 2 aromatic carbocycles. The van der Waals surface area contributed by atoms with Gasteiger partial charge < -0.3 is 5.11 Å². The van der Waals surface area contributed by atoms with Gasteiger partial charge in [0.1, 0.15) is 11.6 Å². The molecule has 0 aliphatic heterocycles. The third-order valence-electron chi connectivity index (χ3n) is 3.40. The molecule has 2 rings (SSSR count). The van der Waals surface area contributed by atoms with Crippen LogP contribution in [0.15, 0.2) is 30.3 Å². The van der Waals surface area contributed by atoms with Crippen molar-refractivity contribution in [1.82, 2.24) is 0 Å². The molecule has 0 saturated carbocycles. The van der Waals surface area contributed by atoms with Crippen LogP contribution in [0.1, 0.15) is 28.4 Å². The minimum atomic E-state index is -1.11. The third kappa shape index (κ3) is 3.17. The van der Waals surface area contributed by atoms with Crippen molar-refractivity contribution in [3.05, 3.63) is 69.2 Å². The second-order valence-corrected chi connectivity index (χ2v) is 5.33. The average Bonchev–Trinajstić information content (AvgIpc) is 2.38. The summed E-state index contributed by atoms with van der Waals surface area (Å²) in [6.07, 6.45) is -0.886. The van der Waals surface area contributed by atoms with E-state index in [-0.39, 0.29) is 17.0 Å². The highest BCUT2D eigenvalue weighted by Gasteiger charge is 2.16. The normalized spacial score (nSPS) is 12.5. The predicted octanol–water partition coefficient (Wildman–Crippen LogP) is 4.51. The molecule has 4 heteroatoms. The lowest BCUT2D eigenvalue weighted by atomic mass is 9.98. The molecule has 2 aromatic rings. The summed E-state index contributed by atoms with van der Waals surface area (Å²) in [5, 5.41) is 9.79. The van der Waals surface area contributed by atoms with Crippen molar-refractivity contribution in [2.24, 2.45) is 0 Å². The van der Waals surface area contributed by atoms with Gasteiger partial charge in [-0.25, -0.2) is 8.78 Å². The Kier molecular flexibility index (Phi) is 4.41. The van der Waals surface area contributed by atoms with Crippen LogP contribution in [0.3, 0.4) is 0 Å². The van der Waals surface area contributed by atoms with E-state index in [0.717, 1.165) is 28.8 Å². The second-order valence-electron chi connectivity index (χ2n) is 4.93. The second kappa shape index (κ2) is 5.90. The molecule has 20 heavy (non-hydrogen) atoms. The molecule has 1 N–H and O–H groups in total. The van der Waals surface area contributed by atoms with Crippen molar-refractivity contribution in [3.8, 4) is 0 Å². The minimum absolute atomic E-state index is 0.0786. The van der Waals surface area contributed by atoms with E-state index in [1.165, 1.54) is 0 Å². The van der Waals surface area contributed by atoms with Crippen LogP contribution in [0.4, 0.5) is 8.78 Å². The van der Waals surface area contributed by atoms with Crippen molar-refractivity contribution < 1.29 is 13.9 Å². The Balaban J connectivity index is 2.25. The molecule has 0 aliphatic rings. The number of halogens is 3. The fraction of sp³-hybridized carbons (Fsp3) is 0.250. The molecule has 0 fully saturated rings. The molecule has 1 atom stereocenters. The van der Waals surface area contributed by atoms with Gasteiger partial charge in [0, 0.05) is 12.0 Å². The Morgan fingerprint density at radius 3 is 2.40 bits per heavy atom. The van der Waals surface area contributed by atoms with Gasteiger partial charge in [-0.1, -0.05) is 29.8 Å². The molecular weight excluding hydrogens is 282 g/mol. The Labute approximate surface area is 121 Å². The van der Waals surface area contributed by atoms with E-state index >= 15 is 0 Å². The van der Waals surface area contributed by atoms with Gasteiger partial charge in [0.05, 0.1) is 11.1 Å². The summed E-state index contributed by atoms with van der Waals surface area (Å²) in [4.78, 5) is 0. The SMILES string of the molecule is Cc1ccc(CC(O)c2cc(F)c(Cl)cc2F)cc1C. The van der Waals surface area contributed by atoms with Gasteiger partial charge >= 0.3 is 0 Å². The summed E-state index contributed by atoms with van der Waals surface area (Å²) in [5.41, 5.74) is 3.03. The average molecular weight is 297 g/mol. The third-order valence-corrected chi connectivity index (χ3v) is 3.69. The Morgan fingerprint density at radius 2 is 1.75 bits per heavy atom. The number of hydrogen-bond donors (Lipinski definition) is 1. The van der Waals surface area contributed by atoms with Gasteiger partial charge in [0.2, 0.25) is 0 Å². The number of aryl methyl sites for hydroxylation is 2. The lowest BCUT2D eigenvalue weighted by Crippen LogP contribution is -2.05. The largest absolute Gasteiger partial charge is 0.388 e. The van der Waals surface area contributed by atoms with Gasteiger partial charge in [-0.05, 0) is 42.7 Å². The molecule has 1 nitrogen and oxygen atoms in total. The van der Waals surface area contributed by atoms with Crippen molar-refractivity contribution in [2.75, 3.05) is 0 Å². The summed E-state index contributed by atoms with van der Waals surface area (Å²) in [6.45, 7) is 3.96. The van der Waals surface area contributed by atoms with E-state index in [0.29, 0.717) is 0 Å². The quantitative estimate of drug-likeness (QED) is 0.826. The maximum absolute atomic E-state index is 13.7. The molecule has 106 valence electrons. The number of benzene rings is 2. The van der Waals surface area contributed by atoms with E-state index in [1.54, 1.807) is 0 Å². The number of aliphatic hydroxyl groups is 1. The van der Waals surface area contributed by atoms with Crippen LogP contribution in [0.5, 0.6) is 0 Å². The summed E-state index contributed by atoms with van der Waals surface area (Å²) >= 11 is 5.49. The van der Waals surface area contributed by atoms with Crippen molar-refractivity contribution in [2.45, 2.75) is 26.4 Å². The number of rotatable bonds is 3. The molecule has 0 amide bonds. The van der Waals surface area contributed by atoms with Gasteiger partial charge in [-0.2, -0.15) is 0 Å². The highest BCUT2D eigenvalue weighted by atomic mass is 35.5. The smallest absolute Gasteiger partial charge is 0.142 e. The Hall–Kier alpha value is -1.45. The number of hydrogen-bond acceptors (Lipinski definition) is 1. The summed E-state index contributed by atoms with van der Waals surface area (Å²) in [5.74, 6) is -1.44. The first kappa shape index (κ1) is 14.9. The fourth-order valence-corrected chi connectivity index (χ4v) is 2.21. The highest BCUT2D eigenvalue weighted by Crippen LogP contribution is 2.26. The van der Waals surface area contributed by atoms with E-state index in [2.05, 4.69) is 0 Å². The summed E-state index contributed by atoms with van der Waals surface area (Å²) in [7, 11) is 0.